The highest BCUT2D eigenvalue weighted by Gasteiger charge is 2.21. The minimum absolute atomic E-state index is 0.0930. The van der Waals surface area contributed by atoms with Crippen LogP contribution in [0.4, 0.5) is 0 Å². The average Bonchev–Trinajstić information content (AvgIpc) is 3.10. The van der Waals surface area contributed by atoms with Gasteiger partial charge in [0.05, 0.1) is 18.1 Å². The topological polar surface area (TPSA) is 61.2 Å². The van der Waals surface area contributed by atoms with Crippen molar-refractivity contribution in [2.75, 3.05) is 7.11 Å². The van der Waals surface area contributed by atoms with Crippen molar-refractivity contribution in [3.05, 3.63) is 56.2 Å². The number of esters is 1. The first-order chi connectivity index (χ1) is 13.6. The van der Waals surface area contributed by atoms with E-state index in [2.05, 4.69) is 0 Å². The average molecular weight is 415 g/mol. The molecule has 1 aromatic carbocycles. The number of hydrogen-bond acceptors (Lipinski definition) is 6. The lowest BCUT2D eigenvalue weighted by Crippen LogP contribution is -2.22. The molecular weight excluding hydrogens is 392 g/mol. The summed E-state index contributed by atoms with van der Waals surface area (Å²) < 4.78 is 6.52. The molecule has 0 atom stereocenters. The molecule has 0 saturated carbocycles. The Balaban J connectivity index is 1.63. The van der Waals surface area contributed by atoms with Crippen LogP contribution in [0.1, 0.15) is 46.1 Å². The summed E-state index contributed by atoms with van der Waals surface area (Å²) in [6.07, 6.45) is 4.42. The Morgan fingerprint density at radius 2 is 2.00 bits per heavy atom. The van der Waals surface area contributed by atoms with E-state index < -0.39 is 0 Å². The van der Waals surface area contributed by atoms with Crippen molar-refractivity contribution >= 4 is 39.3 Å². The first-order valence-corrected chi connectivity index (χ1v) is 11.3. The number of ether oxygens (including phenoxy) is 1. The summed E-state index contributed by atoms with van der Waals surface area (Å²) in [4.78, 5) is 31.8. The Bertz CT molecular complexity index is 1080. The van der Waals surface area contributed by atoms with E-state index in [0.29, 0.717) is 17.9 Å². The van der Waals surface area contributed by atoms with Crippen molar-refractivity contribution in [2.45, 2.75) is 50.1 Å². The van der Waals surface area contributed by atoms with Gasteiger partial charge in [-0.15, -0.1) is 11.3 Å². The first kappa shape index (κ1) is 19.2. The van der Waals surface area contributed by atoms with Crippen LogP contribution in [-0.4, -0.2) is 22.6 Å². The van der Waals surface area contributed by atoms with Gasteiger partial charge < -0.3 is 4.74 Å². The summed E-state index contributed by atoms with van der Waals surface area (Å²) in [6, 6.07) is 7.35. The largest absolute Gasteiger partial charge is 0.465 e. The van der Waals surface area contributed by atoms with E-state index in [1.165, 1.54) is 24.0 Å². The van der Waals surface area contributed by atoms with Crippen LogP contribution in [0.15, 0.2) is 34.2 Å². The molecule has 0 saturated heterocycles. The molecule has 1 aliphatic rings. The maximum Gasteiger partial charge on any atom is 0.337 e. The van der Waals surface area contributed by atoms with E-state index in [1.54, 1.807) is 39.8 Å². The van der Waals surface area contributed by atoms with Crippen LogP contribution in [0.2, 0.25) is 0 Å². The van der Waals surface area contributed by atoms with E-state index in [9.17, 15) is 9.59 Å². The second-order valence-electron chi connectivity index (χ2n) is 6.81. The summed E-state index contributed by atoms with van der Waals surface area (Å²) in [6.45, 7) is 2.60. The Morgan fingerprint density at radius 3 is 2.71 bits per heavy atom. The second-order valence-corrected chi connectivity index (χ2v) is 8.84. The van der Waals surface area contributed by atoms with Gasteiger partial charge in [-0.05, 0) is 55.9 Å². The van der Waals surface area contributed by atoms with Crippen LogP contribution in [0.5, 0.6) is 0 Å². The third kappa shape index (κ3) is 3.49. The van der Waals surface area contributed by atoms with Gasteiger partial charge in [0.15, 0.2) is 5.16 Å². The summed E-state index contributed by atoms with van der Waals surface area (Å²) in [5.74, 6) is 0.345. The molecule has 1 aliphatic carbocycles. The van der Waals surface area contributed by atoms with Crippen LogP contribution < -0.4 is 5.56 Å². The van der Waals surface area contributed by atoms with Gasteiger partial charge >= 0.3 is 5.97 Å². The lowest BCUT2D eigenvalue weighted by molar-refractivity contribution is 0.0600. The number of aryl methyl sites for hydroxylation is 2. The summed E-state index contributed by atoms with van der Waals surface area (Å²) in [5.41, 5.74) is 2.93. The van der Waals surface area contributed by atoms with Crippen molar-refractivity contribution in [1.29, 1.82) is 0 Å². The lowest BCUT2D eigenvalue weighted by atomic mass is 9.97. The van der Waals surface area contributed by atoms with Crippen LogP contribution in [-0.2, 0) is 29.9 Å². The smallest absolute Gasteiger partial charge is 0.337 e. The molecule has 5 nitrogen and oxygen atoms in total. The minimum atomic E-state index is -0.340. The number of fused-ring (bicyclic) bond motifs is 3. The molecule has 2 heterocycles. The molecule has 2 aromatic heterocycles. The molecule has 0 bridgehead atoms. The van der Waals surface area contributed by atoms with Crippen LogP contribution in [0, 0.1) is 0 Å². The molecular formula is C21H22N2O3S2. The van der Waals surface area contributed by atoms with Crippen molar-refractivity contribution in [1.82, 2.24) is 9.55 Å². The van der Waals surface area contributed by atoms with Gasteiger partial charge in [0.1, 0.15) is 4.83 Å². The Labute approximate surface area is 171 Å². The summed E-state index contributed by atoms with van der Waals surface area (Å²) in [7, 11) is 1.38. The van der Waals surface area contributed by atoms with Crippen molar-refractivity contribution < 1.29 is 9.53 Å². The molecule has 146 valence electrons. The van der Waals surface area contributed by atoms with Crippen LogP contribution in [0.25, 0.3) is 10.2 Å². The molecule has 0 aliphatic heterocycles. The van der Waals surface area contributed by atoms with E-state index in [0.717, 1.165) is 40.2 Å². The fourth-order valence-electron chi connectivity index (χ4n) is 3.61. The molecule has 0 amide bonds. The van der Waals surface area contributed by atoms with E-state index in [-0.39, 0.29) is 11.5 Å². The maximum atomic E-state index is 13.1. The number of rotatable bonds is 5. The third-order valence-corrected chi connectivity index (χ3v) is 7.33. The fourth-order valence-corrected chi connectivity index (χ4v) is 5.93. The van der Waals surface area contributed by atoms with Gasteiger partial charge in [-0.3, -0.25) is 9.36 Å². The zero-order valence-electron chi connectivity index (χ0n) is 16.0. The second kappa shape index (κ2) is 8.09. The Morgan fingerprint density at radius 1 is 1.25 bits per heavy atom. The number of thiophene rings is 1. The quantitative estimate of drug-likeness (QED) is 0.351. The van der Waals surface area contributed by atoms with Gasteiger partial charge in [-0.1, -0.05) is 23.9 Å². The predicted octanol–water partition coefficient (Wildman–Crippen LogP) is 4.44. The van der Waals surface area contributed by atoms with Crippen molar-refractivity contribution in [2.24, 2.45) is 0 Å². The fraction of sp³-hybridized carbons (Fsp3) is 0.381. The number of hydrogen-bond donors (Lipinski definition) is 0. The number of benzene rings is 1. The zero-order valence-corrected chi connectivity index (χ0v) is 17.6. The Kier molecular flexibility index (Phi) is 5.55. The molecule has 0 spiro atoms. The van der Waals surface area contributed by atoms with Gasteiger partial charge in [0.25, 0.3) is 5.56 Å². The molecule has 7 heteroatoms. The monoisotopic (exact) mass is 414 g/mol. The highest BCUT2D eigenvalue weighted by atomic mass is 32.2. The zero-order chi connectivity index (χ0) is 19.7. The summed E-state index contributed by atoms with van der Waals surface area (Å²) >= 11 is 3.25. The van der Waals surface area contributed by atoms with E-state index >= 15 is 0 Å². The highest BCUT2D eigenvalue weighted by Crippen LogP contribution is 2.35. The third-order valence-electron chi connectivity index (χ3n) is 5.10. The lowest BCUT2D eigenvalue weighted by Gasteiger charge is -2.12. The van der Waals surface area contributed by atoms with Crippen molar-refractivity contribution in [3.63, 3.8) is 0 Å². The number of nitrogens with zero attached hydrogens (tertiary/aromatic N) is 2. The first-order valence-electron chi connectivity index (χ1n) is 9.47. The molecule has 0 N–H and O–H groups in total. The molecule has 3 aromatic rings. The number of carbonyl (C=O) groups is 1. The highest BCUT2D eigenvalue weighted by molar-refractivity contribution is 7.98. The van der Waals surface area contributed by atoms with E-state index in [1.807, 2.05) is 19.1 Å². The molecule has 0 unspecified atom stereocenters. The maximum absolute atomic E-state index is 13.1. The Hall–Kier alpha value is -2.12. The standard InChI is InChI=1S/C21H22N2O3S2/c1-3-23-19(24)17-15-6-4-5-7-16(15)28-18(17)22-21(23)27-12-13-8-10-14(11-9-13)20(25)26-2/h8-11H,3-7,12H2,1-2H3. The van der Waals surface area contributed by atoms with Gasteiger partial charge in [0, 0.05) is 17.2 Å². The molecule has 0 fully saturated rings. The molecule has 28 heavy (non-hydrogen) atoms. The number of aromatic nitrogens is 2. The SMILES string of the molecule is CCn1c(SCc2ccc(C(=O)OC)cc2)nc2sc3c(c2c1=O)CCCC3. The number of carbonyl (C=O) groups excluding carboxylic acids is 1. The van der Waals surface area contributed by atoms with Crippen LogP contribution >= 0.6 is 23.1 Å². The number of thioether (sulfide) groups is 1. The summed E-state index contributed by atoms with van der Waals surface area (Å²) in [5, 5.41) is 1.60. The van der Waals surface area contributed by atoms with E-state index in [4.69, 9.17) is 9.72 Å². The molecule has 4 rings (SSSR count). The predicted molar refractivity (Wildman–Crippen MR) is 114 cm³/mol. The van der Waals surface area contributed by atoms with Gasteiger partial charge in [-0.2, -0.15) is 0 Å². The van der Waals surface area contributed by atoms with Crippen LogP contribution in [0.3, 0.4) is 0 Å². The molecule has 0 radical (unpaired) electrons. The van der Waals surface area contributed by atoms with Gasteiger partial charge in [0.2, 0.25) is 0 Å². The number of methoxy groups -OCH3 is 1. The van der Waals surface area contributed by atoms with Crippen molar-refractivity contribution in [3.8, 4) is 0 Å². The van der Waals surface area contributed by atoms with Gasteiger partial charge in [-0.25, -0.2) is 9.78 Å². The minimum Gasteiger partial charge on any atom is -0.465 e. The normalized spacial score (nSPS) is 13.5.